The Kier molecular flexibility index (Phi) is 5.15. The van der Waals surface area contributed by atoms with E-state index in [-0.39, 0.29) is 11.9 Å². The number of amides is 1. The molecule has 2 unspecified atom stereocenters. The summed E-state index contributed by atoms with van der Waals surface area (Å²) in [5, 5.41) is 12.1. The minimum absolute atomic E-state index is 0.0365. The Balaban J connectivity index is 2.70. The maximum atomic E-state index is 12.0. The number of aliphatic hydroxyl groups is 1. The molecule has 0 saturated heterocycles. The summed E-state index contributed by atoms with van der Waals surface area (Å²) in [7, 11) is 0. The highest BCUT2D eigenvalue weighted by atomic mass is 79.9. The van der Waals surface area contributed by atoms with Crippen LogP contribution in [0.1, 0.15) is 36.2 Å². The molecule has 0 bridgehead atoms. The van der Waals surface area contributed by atoms with Crippen LogP contribution in [0.4, 0.5) is 0 Å². The summed E-state index contributed by atoms with van der Waals surface area (Å²) in [5.41, 5.74) is 1.60. The second-order valence-corrected chi connectivity index (χ2v) is 5.33. The maximum Gasteiger partial charge on any atom is 0.251 e. The molecule has 0 radical (unpaired) electrons. The first-order valence-corrected chi connectivity index (χ1v) is 6.44. The molecule has 0 spiro atoms. The Hall–Kier alpha value is -0.870. The van der Waals surface area contributed by atoms with Crippen LogP contribution in [0.25, 0.3) is 0 Å². The molecule has 94 valence electrons. The summed E-state index contributed by atoms with van der Waals surface area (Å²) in [6.07, 6.45) is 0.151. The van der Waals surface area contributed by atoms with Gasteiger partial charge in [-0.05, 0) is 51.0 Å². The lowest BCUT2D eigenvalue weighted by Crippen LogP contribution is -2.35. The van der Waals surface area contributed by atoms with Gasteiger partial charge in [0.05, 0.1) is 6.10 Å². The number of carbonyl (C=O) groups excluding carboxylic acids is 1. The maximum absolute atomic E-state index is 12.0. The van der Waals surface area contributed by atoms with Crippen molar-refractivity contribution in [1.82, 2.24) is 5.32 Å². The van der Waals surface area contributed by atoms with Gasteiger partial charge in [-0.15, -0.1) is 0 Å². The van der Waals surface area contributed by atoms with Gasteiger partial charge in [0.15, 0.2) is 0 Å². The molecule has 1 amide bonds. The normalized spacial score (nSPS) is 14.2. The topological polar surface area (TPSA) is 49.3 Å². The zero-order valence-electron chi connectivity index (χ0n) is 10.3. The van der Waals surface area contributed by atoms with Crippen LogP contribution in [0, 0.1) is 6.92 Å². The lowest BCUT2D eigenvalue weighted by Gasteiger charge is -2.16. The Labute approximate surface area is 110 Å². The number of benzene rings is 1. The quantitative estimate of drug-likeness (QED) is 0.898. The smallest absolute Gasteiger partial charge is 0.251 e. The van der Waals surface area contributed by atoms with E-state index in [1.165, 1.54) is 0 Å². The van der Waals surface area contributed by atoms with Crippen molar-refractivity contribution in [3.05, 3.63) is 33.8 Å². The number of carbonyl (C=O) groups is 1. The van der Waals surface area contributed by atoms with Crippen LogP contribution >= 0.6 is 15.9 Å². The molecule has 3 nitrogen and oxygen atoms in total. The second-order valence-electron chi connectivity index (χ2n) is 4.42. The predicted octanol–water partition coefficient (Wildman–Crippen LogP) is 2.65. The van der Waals surface area contributed by atoms with Gasteiger partial charge in [-0.25, -0.2) is 0 Å². The largest absolute Gasteiger partial charge is 0.393 e. The van der Waals surface area contributed by atoms with E-state index in [9.17, 15) is 9.90 Å². The molecule has 2 N–H and O–H groups in total. The lowest BCUT2D eigenvalue weighted by atomic mass is 10.1. The van der Waals surface area contributed by atoms with Crippen LogP contribution in [0.3, 0.4) is 0 Å². The van der Waals surface area contributed by atoms with Crippen molar-refractivity contribution in [2.24, 2.45) is 0 Å². The number of hydrogen-bond acceptors (Lipinski definition) is 2. The summed E-state index contributed by atoms with van der Waals surface area (Å²) in [6, 6.07) is 5.52. The number of nitrogens with one attached hydrogen (secondary N) is 1. The molecule has 17 heavy (non-hydrogen) atoms. The molecular weight excluding hydrogens is 282 g/mol. The van der Waals surface area contributed by atoms with E-state index in [0.29, 0.717) is 12.0 Å². The van der Waals surface area contributed by atoms with Crippen LogP contribution < -0.4 is 5.32 Å². The lowest BCUT2D eigenvalue weighted by molar-refractivity contribution is 0.0922. The molecule has 1 aromatic carbocycles. The molecule has 1 rings (SSSR count). The van der Waals surface area contributed by atoms with E-state index in [2.05, 4.69) is 21.2 Å². The summed E-state index contributed by atoms with van der Waals surface area (Å²) < 4.78 is 0.962. The third-order valence-corrected chi connectivity index (χ3v) is 3.00. The van der Waals surface area contributed by atoms with Gasteiger partial charge >= 0.3 is 0 Å². The summed E-state index contributed by atoms with van der Waals surface area (Å²) in [6.45, 7) is 5.51. The van der Waals surface area contributed by atoms with Gasteiger partial charge in [-0.2, -0.15) is 0 Å². The molecular formula is C13H18BrNO2. The molecule has 0 heterocycles. The first kappa shape index (κ1) is 14.2. The van der Waals surface area contributed by atoms with Crippen LogP contribution in [0.5, 0.6) is 0 Å². The van der Waals surface area contributed by atoms with Crippen molar-refractivity contribution in [2.75, 3.05) is 0 Å². The summed E-state index contributed by atoms with van der Waals surface area (Å²) in [5.74, 6) is -0.0943. The Bertz CT molecular complexity index is 404. The molecule has 0 fully saturated rings. The molecule has 4 heteroatoms. The van der Waals surface area contributed by atoms with Gasteiger partial charge in [0.1, 0.15) is 0 Å². The number of aryl methyl sites for hydroxylation is 1. The highest BCUT2D eigenvalue weighted by Crippen LogP contribution is 2.16. The minimum atomic E-state index is -0.406. The average molecular weight is 300 g/mol. The number of aliphatic hydroxyl groups excluding tert-OH is 1. The van der Waals surface area contributed by atoms with Crippen LogP contribution in [-0.2, 0) is 0 Å². The van der Waals surface area contributed by atoms with Crippen molar-refractivity contribution in [1.29, 1.82) is 0 Å². The van der Waals surface area contributed by atoms with Crippen molar-refractivity contribution in [3.8, 4) is 0 Å². The number of halogens is 1. The van der Waals surface area contributed by atoms with Gasteiger partial charge in [0.2, 0.25) is 0 Å². The molecule has 0 aliphatic heterocycles. The molecule has 0 aromatic heterocycles. The van der Waals surface area contributed by atoms with Crippen LogP contribution in [-0.4, -0.2) is 23.2 Å². The summed E-state index contributed by atoms with van der Waals surface area (Å²) >= 11 is 3.36. The fourth-order valence-electron chi connectivity index (χ4n) is 1.75. The zero-order valence-corrected chi connectivity index (χ0v) is 11.9. The van der Waals surface area contributed by atoms with Gasteiger partial charge in [0, 0.05) is 16.1 Å². The van der Waals surface area contributed by atoms with Gasteiger partial charge in [0.25, 0.3) is 5.91 Å². The van der Waals surface area contributed by atoms with Crippen LogP contribution in [0.15, 0.2) is 22.7 Å². The third-order valence-electron chi connectivity index (χ3n) is 2.51. The van der Waals surface area contributed by atoms with Gasteiger partial charge < -0.3 is 10.4 Å². The van der Waals surface area contributed by atoms with Gasteiger partial charge in [-0.1, -0.05) is 15.9 Å². The Morgan fingerprint density at radius 1 is 1.47 bits per heavy atom. The number of hydrogen-bond donors (Lipinski definition) is 2. The standard InChI is InChI=1S/C13H18BrNO2/c1-8-6-11(14)4-5-12(8)13(17)15-9(2)7-10(3)16/h4-6,9-10,16H,7H2,1-3H3,(H,15,17). The zero-order chi connectivity index (χ0) is 13.0. The SMILES string of the molecule is Cc1cc(Br)ccc1C(=O)NC(C)CC(C)O. The van der Waals surface area contributed by atoms with E-state index < -0.39 is 6.10 Å². The Morgan fingerprint density at radius 2 is 2.12 bits per heavy atom. The molecule has 0 aliphatic carbocycles. The highest BCUT2D eigenvalue weighted by Gasteiger charge is 2.13. The molecule has 2 atom stereocenters. The third kappa shape index (κ3) is 4.48. The van der Waals surface area contributed by atoms with E-state index in [1.54, 1.807) is 13.0 Å². The van der Waals surface area contributed by atoms with Crippen molar-refractivity contribution < 1.29 is 9.90 Å². The van der Waals surface area contributed by atoms with E-state index in [1.807, 2.05) is 26.0 Å². The fraction of sp³-hybridized carbons (Fsp3) is 0.462. The van der Waals surface area contributed by atoms with E-state index >= 15 is 0 Å². The average Bonchev–Trinajstić information content (AvgIpc) is 2.15. The Morgan fingerprint density at radius 3 is 2.65 bits per heavy atom. The first-order chi connectivity index (χ1) is 7.90. The molecule has 1 aromatic rings. The van der Waals surface area contributed by atoms with Crippen molar-refractivity contribution in [3.63, 3.8) is 0 Å². The van der Waals surface area contributed by atoms with Crippen LogP contribution in [0.2, 0.25) is 0 Å². The molecule has 0 saturated carbocycles. The fourth-order valence-corrected chi connectivity index (χ4v) is 2.23. The monoisotopic (exact) mass is 299 g/mol. The van der Waals surface area contributed by atoms with E-state index in [4.69, 9.17) is 0 Å². The second kappa shape index (κ2) is 6.17. The minimum Gasteiger partial charge on any atom is -0.393 e. The highest BCUT2D eigenvalue weighted by molar-refractivity contribution is 9.10. The van der Waals surface area contributed by atoms with Crippen molar-refractivity contribution in [2.45, 2.75) is 39.3 Å². The number of rotatable bonds is 4. The van der Waals surface area contributed by atoms with Gasteiger partial charge in [-0.3, -0.25) is 4.79 Å². The van der Waals surface area contributed by atoms with E-state index in [0.717, 1.165) is 10.0 Å². The summed E-state index contributed by atoms with van der Waals surface area (Å²) in [4.78, 5) is 12.0. The first-order valence-electron chi connectivity index (χ1n) is 5.65. The predicted molar refractivity (Wildman–Crippen MR) is 72.1 cm³/mol. The molecule has 0 aliphatic rings. The van der Waals surface area contributed by atoms with Crippen molar-refractivity contribution >= 4 is 21.8 Å².